The van der Waals surface area contributed by atoms with Crippen molar-refractivity contribution in [2.45, 2.75) is 36.6 Å². The molecule has 3 aliphatic rings. The van der Waals surface area contributed by atoms with Crippen LogP contribution in [0.4, 0.5) is 5.82 Å². The van der Waals surface area contributed by atoms with Gasteiger partial charge in [-0.1, -0.05) is 24.3 Å². The smallest absolute Gasteiger partial charge is 0.213 e. The lowest BCUT2D eigenvalue weighted by Crippen LogP contribution is -2.47. The van der Waals surface area contributed by atoms with Gasteiger partial charge in [0.05, 0.1) is 29.9 Å². The van der Waals surface area contributed by atoms with Gasteiger partial charge < -0.3 is 19.9 Å². The van der Waals surface area contributed by atoms with Crippen LogP contribution in [0.3, 0.4) is 0 Å². The summed E-state index contributed by atoms with van der Waals surface area (Å²) in [5, 5.41) is 9.55. The van der Waals surface area contributed by atoms with E-state index in [1.807, 2.05) is 12.1 Å². The van der Waals surface area contributed by atoms with Crippen molar-refractivity contribution in [3.05, 3.63) is 42.2 Å². The molecule has 6 rings (SSSR count). The van der Waals surface area contributed by atoms with Gasteiger partial charge in [-0.05, 0) is 43.0 Å². The van der Waals surface area contributed by atoms with Crippen LogP contribution in [0.15, 0.2) is 36.7 Å². The fourth-order valence-corrected chi connectivity index (χ4v) is 7.14. The Morgan fingerprint density at radius 2 is 1.86 bits per heavy atom. The number of rotatable bonds is 5. The summed E-state index contributed by atoms with van der Waals surface area (Å²) in [6.07, 6.45) is 4.33. The van der Waals surface area contributed by atoms with E-state index in [-0.39, 0.29) is 6.04 Å². The molecule has 11 heteroatoms. The number of aromatic nitrogens is 3. The summed E-state index contributed by atoms with van der Waals surface area (Å²) in [5.41, 5.74) is 3.76. The van der Waals surface area contributed by atoms with Crippen LogP contribution in [0.5, 0.6) is 0 Å². The van der Waals surface area contributed by atoms with Gasteiger partial charge in [0.1, 0.15) is 17.8 Å². The minimum Gasteiger partial charge on any atom is -0.378 e. The number of aromatic amines is 1. The van der Waals surface area contributed by atoms with Crippen molar-refractivity contribution in [3.8, 4) is 11.3 Å². The molecule has 5 heterocycles. The van der Waals surface area contributed by atoms with Crippen molar-refractivity contribution in [3.63, 3.8) is 0 Å². The van der Waals surface area contributed by atoms with E-state index in [0.29, 0.717) is 25.7 Å². The van der Waals surface area contributed by atoms with E-state index >= 15 is 0 Å². The Bertz CT molecular complexity index is 1320. The van der Waals surface area contributed by atoms with Gasteiger partial charge in [0.15, 0.2) is 0 Å². The number of nitrogens with one attached hydrogen (secondary N) is 2. The number of piperidine rings is 1. The molecule has 3 aromatic rings. The number of morpholine rings is 1. The monoisotopic (exact) mass is 511 g/mol. The molecule has 1 aromatic carbocycles. The first kappa shape index (κ1) is 23.8. The van der Waals surface area contributed by atoms with Gasteiger partial charge in [-0.25, -0.2) is 23.5 Å². The molecular weight excluding hydrogens is 478 g/mol. The number of H-pyrrole nitrogens is 1. The molecule has 0 spiro atoms. The minimum absolute atomic E-state index is 0.236. The van der Waals surface area contributed by atoms with E-state index in [9.17, 15) is 8.42 Å². The van der Waals surface area contributed by atoms with Crippen molar-refractivity contribution in [2.75, 3.05) is 50.8 Å². The molecule has 0 amide bonds. The standard InChI is InChI=1S/C25H33N7O3S/c26-36(33,34)22-7-9-32(19-2-1-8-27-15-19)23(22)18-5-3-17(4-6-18)21-14-20-24(30-21)28-16-29-25(20)31-10-12-35-13-11-31/h3-6,14,16,19,22-23,27H,1-2,7-13,15H2,(H2,26,33,34)(H,28,29,30). The summed E-state index contributed by atoms with van der Waals surface area (Å²) >= 11 is 0. The Balaban J connectivity index is 1.31. The van der Waals surface area contributed by atoms with Crippen LogP contribution in [-0.2, 0) is 14.8 Å². The van der Waals surface area contributed by atoms with Crippen LogP contribution in [-0.4, -0.2) is 85.5 Å². The molecule has 192 valence electrons. The fraction of sp³-hybridized carbons (Fsp3) is 0.520. The molecule has 2 aromatic heterocycles. The van der Waals surface area contributed by atoms with Gasteiger partial charge in [0.25, 0.3) is 0 Å². The lowest BCUT2D eigenvalue weighted by molar-refractivity contribution is 0.122. The maximum Gasteiger partial charge on any atom is 0.213 e. The van der Waals surface area contributed by atoms with Gasteiger partial charge >= 0.3 is 0 Å². The summed E-state index contributed by atoms with van der Waals surface area (Å²) in [7, 11) is -3.66. The number of hydrogen-bond donors (Lipinski definition) is 3. The summed E-state index contributed by atoms with van der Waals surface area (Å²) in [4.78, 5) is 17.0. The average Bonchev–Trinajstić information content (AvgIpc) is 3.55. The van der Waals surface area contributed by atoms with Gasteiger partial charge in [-0.2, -0.15) is 0 Å². The van der Waals surface area contributed by atoms with Crippen molar-refractivity contribution in [1.29, 1.82) is 0 Å². The predicted octanol–water partition coefficient (Wildman–Crippen LogP) is 1.62. The number of benzene rings is 1. The second-order valence-corrected chi connectivity index (χ2v) is 11.7. The third-order valence-electron chi connectivity index (χ3n) is 7.82. The predicted molar refractivity (Wildman–Crippen MR) is 139 cm³/mol. The van der Waals surface area contributed by atoms with Gasteiger partial charge in [0, 0.05) is 37.9 Å². The first-order valence-electron chi connectivity index (χ1n) is 12.7. The zero-order valence-electron chi connectivity index (χ0n) is 20.3. The number of anilines is 1. The second-order valence-electron chi connectivity index (χ2n) is 9.96. The zero-order chi connectivity index (χ0) is 24.7. The van der Waals surface area contributed by atoms with Crippen LogP contribution in [0.25, 0.3) is 22.3 Å². The highest BCUT2D eigenvalue weighted by atomic mass is 32.2. The molecule has 0 aliphatic carbocycles. The lowest BCUT2D eigenvalue weighted by atomic mass is 9.98. The molecule has 36 heavy (non-hydrogen) atoms. The first-order chi connectivity index (χ1) is 17.5. The molecule has 3 saturated heterocycles. The van der Waals surface area contributed by atoms with Gasteiger partial charge in [-0.3, -0.25) is 4.90 Å². The minimum atomic E-state index is -3.66. The highest BCUT2D eigenvalue weighted by Gasteiger charge is 2.44. The molecule has 3 aliphatic heterocycles. The quantitative estimate of drug-likeness (QED) is 0.471. The third-order valence-corrected chi connectivity index (χ3v) is 9.16. The molecular formula is C25H33N7O3S. The third kappa shape index (κ3) is 4.50. The van der Waals surface area contributed by atoms with Crippen LogP contribution in [0.1, 0.15) is 30.9 Å². The van der Waals surface area contributed by atoms with Gasteiger partial charge in [-0.15, -0.1) is 0 Å². The Labute approximate surface area is 211 Å². The second kappa shape index (κ2) is 9.71. The Morgan fingerprint density at radius 1 is 1.06 bits per heavy atom. The van der Waals surface area contributed by atoms with E-state index in [2.05, 4.69) is 48.3 Å². The summed E-state index contributed by atoms with van der Waals surface area (Å²) < 4.78 is 30.5. The highest BCUT2D eigenvalue weighted by Crippen LogP contribution is 2.39. The van der Waals surface area contributed by atoms with Crippen molar-refractivity contribution in [1.82, 2.24) is 25.2 Å². The molecule has 4 N–H and O–H groups in total. The molecule has 10 nitrogen and oxygen atoms in total. The number of likely N-dealkylation sites (tertiary alicyclic amines) is 1. The Kier molecular flexibility index (Phi) is 6.42. The molecule has 0 bridgehead atoms. The van der Waals surface area contributed by atoms with Crippen LogP contribution >= 0.6 is 0 Å². The molecule has 0 saturated carbocycles. The van der Waals surface area contributed by atoms with E-state index in [1.165, 1.54) is 0 Å². The average molecular weight is 512 g/mol. The fourth-order valence-electron chi connectivity index (χ4n) is 6.03. The van der Waals surface area contributed by atoms with Crippen molar-refractivity contribution < 1.29 is 13.2 Å². The van der Waals surface area contributed by atoms with E-state index < -0.39 is 15.3 Å². The van der Waals surface area contributed by atoms with E-state index in [4.69, 9.17) is 9.88 Å². The molecule has 3 unspecified atom stereocenters. The summed E-state index contributed by atoms with van der Waals surface area (Å²) in [6, 6.07) is 10.4. The highest BCUT2D eigenvalue weighted by molar-refractivity contribution is 7.89. The Morgan fingerprint density at radius 3 is 2.58 bits per heavy atom. The normalized spacial score (nSPS) is 26.0. The molecule has 3 fully saturated rings. The molecule has 0 radical (unpaired) electrons. The van der Waals surface area contributed by atoms with Crippen LogP contribution in [0, 0.1) is 0 Å². The van der Waals surface area contributed by atoms with Crippen molar-refractivity contribution in [2.24, 2.45) is 5.14 Å². The van der Waals surface area contributed by atoms with Gasteiger partial charge in [0.2, 0.25) is 10.0 Å². The summed E-state index contributed by atoms with van der Waals surface area (Å²) in [5.74, 6) is 0.918. The SMILES string of the molecule is NS(=O)(=O)C1CCN(C2CCCNC2)C1c1ccc(-c2cc3c(N4CCOCC4)ncnc3[nH]2)cc1. The largest absolute Gasteiger partial charge is 0.378 e. The number of fused-ring (bicyclic) bond motifs is 1. The number of primary sulfonamides is 1. The number of ether oxygens (including phenoxy) is 1. The number of sulfonamides is 1. The van der Waals surface area contributed by atoms with Crippen LogP contribution < -0.4 is 15.4 Å². The van der Waals surface area contributed by atoms with Crippen LogP contribution in [0.2, 0.25) is 0 Å². The van der Waals surface area contributed by atoms with E-state index in [0.717, 1.165) is 79.2 Å². The van der Waals surface area contributed by atoms with E-state index in [1.54, 1.807) is 6.33 Å². The zero-order valence-corrected chi connectivity index (χ0v) is 21.1. The summed E-state index contributed by atoms with van der Waals surface area (Å²) in [6.45, 7) is 5.64. The maximum absolute atomic E-state index is 12.5. The topological polar surface area (TPSA) is 129 Å². The first-order valence-corrected chi connectivity index (χ1v) is 14.3. The van der Waals surface area contributed by atoms with Crippen molar-refractivity contribution >= 4 is 26.9 Å². The number of nitrogens with two attached hydrogens (primary N) is 1. The molecule has 3 atom stereocenters. The lowest BCUT2D eigenvalue weighted by Gasteiger charge is -2.37. The maximum atomic E-state index is 12.5. The Hall–Kier alpha value is -2.57. The number of nitrogens with zero attached hydrogens (tertiary/aromatic N) is 4. The number of hydrogen-bond acceptors (Lipinski definition) is 8.